The molecule has 1 rings (SSSR count). The van der Waals surface area contributed by atoms with E-state index in [1.807, 2.05) is 6.92 Å². The van der Waals surface area contributed by atoms with E-state index in [0.29, 0.717) is 5.41 Å². The molecule has 1 aliphatic carbocycles. The number of hydrogen-bond acceptors (Lipinski definition) is 1. The summed E-state index contributed by atoms with van der Waals surface area (Å²) in [5, 5.41) is 9.08. The van der Waals surface area contributed by atoms with E-state index >= 15 is 0 Å². The van der Waals surface area contributed by atoms with Gasteiger partial charge in [-0.2, -0.15) is 0 Å². The zero-order chi connectivity index (χ0) is 7.94. The predicted octanol–water partition coefficient (Wildman–Crippen LogP) is 2.11. The van der Waals surface area contributed by atoms with Crippen molar-refractivity contribution in [3.05, 3.63) is 11.1 Å². The van der Waals surface area contributed by atoms with Gasteiger partial charge in [-0.05, 0) is 20.3 Å². The number of allylic oxidation sites excluding steroid dienone is 1. The van der Waals surface area contributed by atoms with Crippen molar-refractivity contribution in [3.63, 3.8) is 0 Å². The van der Waals surface area contributed by atoms with Gasteiger partial charge in [0.25, 0.3) is 0 Å². The van der Waals surface area contributed by atoms with Gasteiger partial charge in [-0.1, -0.05) is 25.0 Å². The number of rotatable bonds is 2. The maximum Gasteiger partial charge on any atom is 0.0549 e. The largest absolute Gasteiger partial charge is 0.393 e. The molecule has 1 unspecified atom stereocenters. The van der Waals surface area contributed by atoms with Crippen molar-refractivity contribution in [2.24, 2.45) is 5.41 Å². The molecule has 1 nitrogen and oxygen atoms in total. The predicted molar refractivity (Wildman–Crippen MR) is 42.8 cm³/mol. The molecule has 10 heavy (non-hydrogen) atoms. The molecule has 0 fully saturated rings. The second-order valence-electron chi connectivity index (χ2n) is 3.78. The fourth-order valence-corrected chi connectivity index (χ4v) is 1.45. The maximum atomic E-state index is 9.08. The molecule has 0 aromatic heterocycles. The minimum absolute atomic E-state index is 0.174. The first-order valence-electron chi connectivity index (χ1n) is 3.85. The first-order valence-corrected chi connectivity index (χ1v) is 3.85. The molecule has 0 aliphatic heterocycles. The lowest BCUT2D eigenvalue weighted by Gasteiger charge is -2.05. The fourth-order valence-electron chi connectivity index (χ4n) is 1.45. The van der Waals surface area contributed by atoms with Crippen LogP contribution in [0.5, 0.6) is 0 Å². The van der Waals surface area contributed by atoms with E-state index < -0.39 is 0 Å². The van der Waals surface area contributed by atoms with E-state index in [-0.39, 0.29) is 6.10 Å². The highest BCUT2D eigenvalue weighted by Crippen LogP contribution is 2.53. The lowest BCUT2D eigenvalue weighted by Crippen LogP contribution is -2.01. The highest BCUT2D eigenvalue weighted by atomic mass is 16.3. The molecule has 0 saturated carbocycles. The third-order valence-corrected chi connectivity index (χ3v) is 2.58. The highest BCUT2D eigenvalue weighted by Gasteiger charge is 2.41. The van der Waals surface area contributed by atoms with Gasteiger partial charge in [0, 0.05) is 5.41 Å². The smallest absolute Gasteiger partial charge is 0.0549 e. The second-order valence-corrected chi connectivity index (χ2v) is 3.78. The minimum Gasteiger partial charge on any atom is -0.393 e. The van der Waals surface area contributed by atoms with Crippen LogP contribution >= 0.6 is 0 Å². The molecule has 0 amide bonds. The van der Waals surface area contributed by atoms with Crippen LogP contribution in [0.3, 0.4) is 0 Å². The van der Waals surface area contributed by atoms with Crippen LogP contribution in [0.15, 0.2) is 11.1 Å². The van der Waals surface area contributed by atoms with Crippen LogP contribution in [-0.4, -0.2) is 11.2 Å². The van der Waals surface area contributed by atoms with Gasteiger partial charge in [0.05, 0.1) is 6.10 Å². The molecular weight excluding hydrogens is 124 g/mol. The SMILES string of the molecule is CC1=C(CC(C)O)C1(C)C. The normalized spacial score (nSPS) is 24.9. The van der Waals surface area contributed by atoms with Gasteiger partial charge in [-0.25, -0.2) is 0 Å². The third-order valence-electron chi connectivity index (χ3n) is 2.58. The van der Waals surface area contributed by atoms with Gasteiger partial charge in [-0.15, -0.1) is 0 Å². The maximum absolute atomic E-state index is 9.08. The Hall–Kier alpha value is -0.300. The summed E-state index contributed by atoms with van der Waals surface area (Å²) in [5.41, 5.74) is 3.24. The van der Waals surface area contributed by atoms with Gasteiger partial charge in [0.2, 0.25) is 0 Å². The van der Waals surface area contributed by atoms with Crippen molar-refractivity contribution in [2.75, 3.05) is 0 Å². The van der Waals surface area contributed by atoms with Crippen LogP contribution in [0.25, 0.3) is 0 Å². The summed E-state index contributed by atoms with van der Waals surface area (Å²) in [6.45, 7) is 8.41. The molecule has 0 saturated heterocycles. The van der Waals surface area contributed by atoms with Crippen LogP contribution < -0.4 is 0 Å². The molecule has 1 N–H and O–H groups in total. The molecule has 1 aliphatic rings. The Kier molecular flexibility index (Phi) is 1.63. The van der Waals surface area contributed by atoms with Crippen molar-refractivity contribution in [2.45, 2.75) is 40.2 Å². The zero-order valence-corrected chi connectivity index (χ0v) is 7.23. The Morgan fingerprint density at radius 1 is 1.50 bits per heavy atom. The van der Waals surface area contributed by atoms with Crippen molar-refractivity contribution >= 4 is 0 Å². The number of aliphatic hydroxyl groups excluding tert-OH is 1. The Morgan fingerprint density at radius 2 is 1.90 bits per heavy atom. The molecule has 1 heteroatoms. The van der Waals surface area contributed by atoms with E-state index in [4.69, 9.17) is 5.11 Å². The van der Waals surface area contributed by atoms with Crippen LogP contribution in [0.1, 0.15) is 34.1 Å². The molecule has 1 atom stereocenters. The van der Waals surface area contributed by atoms with Crippen molar-refractivity contribution < 1.29 is 5.11 Å². The summed E-state index contributed by atoms with van der Waals surface area (Å²) < 4.78 is 0. The molecule has 0 radical (unpaired) electrons. The average Bonchev–Trinajstić information content (AvgIpc) is 2.17. The Labute approximate surface area is 62.8 Å². The summed E-state index contributed by atoms with van der Waals surface area (Å²) >= 11 is 0. The minimum atomic E-state index is -0.174. The zero-order valence-electron chi connectivity index (χ0n) is 7.23. The van der Waals surface area contributed by atoms with Crippen molar-refractivity contribution in [3.8, 4) is 0 Å². The lowest BCUT2D eigenvalue weighted by molar-refractivity contribution is 0.194. The summed E-state index contributed by atoms with van der Waals surface area (Å²) in [7, 11) is 0. The molecule has 0 bridgehead atoms. The summed E-state index contributed by atoms with van der Waals surface area (Å²) in [6, 6.07) is 0. The Morgan fingerprint density at radius 3 is 2.00 bits per heavy atom. The first kappa shape index (κ1) is 7.80. The Bertz CT molecular complexity index is 175. The highest BCUT2D eigenvalue weighted by molar-refractivity contribution is 5.45. The second kappa shape index (κ2) is 2.09. The molecule has 58 valence electrons. The third kappa shape index (κ3) is 1.10. The summed E-state index contributed by atoms with van der Waals surface area (Å²) in [6.07, 6.45) is 0.686. The number of hydrogen-bond donors (Lipinski definition) is 1. The van der Waals surface area contributed by atoms with E-state index in [1.165, 1.54) is 11.1 Å². The van der Waals surface area contributed by atoms with Gasteiger partial charge in [0.15, 0.2) is 0 Å². The van der Waals surface area contributed by atoms with Gasteiger partial charge >= 0.3 is 0 Å². The Balaban J connectivity index is 2.47. The molecular formula is C9H16O. The van der Waals surface area contributed by atoms with Gasteiger partial charge < -0.3 is 5.11 Å². The molecule has 0 spiro atoms. The molecule has 0 heterocycles. The fraction of sp³-hybridized carbons (Fsp3) is 0.778. The van der Waals surface area contributed by atoms with E-state index in [0.717, 1.165) is 6.42 Å². The van der Waals surface area contributed by atoms with E-state index in [1.54, 1.807) is 0 Å². The van der Waals surface area contributed by atoms with Gasteiger partial charge in [-0.3, -0.25) is 0 Å². The first-order chi connectivity index (χ1) is 4.46. The standard InChI is InChI=1S/C9H16O/c1-6(10)5-8-7(2)9(8,3)4/h6,10H,5H2,1-4H3. The van der Waals surface area contributed by atoms with E-state index in [9.17, 15) is 0 Å². The quantitative estimate of drug-likeness (QED) is 0.582. The summed E-state index contributed by atoms with van der Waals surface area (Å²) in [4.78, 5) is 0. The van der Waals surface area contributed by atoms with Crippen LogP contribution in [-0.2, 0) is 0 Å². The van der Waals surface area contributed by atoms with Gasteiger partial charge in [0.1, 0.15) is 0 Å². The van der Waals surface area contributed by atoms with Crippen LogP contribution in [0.2, 0.25) is 0 Å². The van der Waals surface area contributed by atoms with E-state index in [2.05, 4.69) is 20.8 Å². The topological polar surface area (TPSA) is 20.2 Å². The molecule has 0 aromatic carbocycles. The van der Waals surface area contributed by atoms with Crippen LogP contribution in [0.4, 0.5) is 0 Å². The van der Waals surface area contributed by atoms with Crippen molar-refractivity contribution in [1.29, 1.82) is 0 Å². The lowest BCUT2D eigenvalue weighted by atomic mass is 10.0. The van der Waals surface area contributed by atoms with Crippen LogP contribution in [0, 0.1) is 5.41 Å². The molecule has 0 aromatic rings. The number of aliphatic hydroxyl groups is 1. The monoisotopic (exact) mass is 140 g/mol. The summed E-state index contributed by atoms with van der Waals surface area (Å²) in [5.74, 6) is 0. The van der Waals surface area contributed by atoms with Crippen molar-refractivity contribution in [1.82, 2.24) is 0 Å². The average molecular weight is 140 g/mol.